The Bertz CT molecular complexity index is 656. The lowest BCUT2D eigenvalue weighted by Gasteiger charge is -2.15. The average molecular weight is 325 g/mol. The van der Waals surface area contributed by atoms with E-state index in [0.29, 0.717) is 5.56 Å². The molecule has 23 heavy (non-hydrogen) atoms. The van der Waals surface area contributed by atoms with Gasteiger partial charge in [-0.05, 0) is 13.0 Å². The molecular formula is C14H19N3O6. The van der Waals surface area contributed by atoms with Gasteiger partial charge in [0.05, 0.1) is 19.3 Å². The molecule has 0 spiro atoms. The van der Waals surface area contributed by atoms with Gasteiger partial charge in [0.1, 0.15) is 18.1 Å². The van der Waals surface area contributed by atoms with Crippen LogP contribution in [0, 0.1) is 0 Å². The molecular weight excluding hydrogens is 306 g/mol. The fraction of sp³-hybridized carbons (Fsp3) is 0.500. The molecule has 0 aliphatic carbocycles. The number of carbonyl (C=O) groups excluding carboxylic acids is 1. The number of aliphatic hydroxyl groups excluding tert-OH is 2. The highest BCUT2D eigenvalue weighted by Crippen LogP contribution is 2.27. The van der Waals surface area contributed by atoms with E-state index in [4.69, 9.17) is 20.3 Å². The SMILES string of the molecule is CCOC(=O)C=Cc1cn([C@H]2C[C@@H](O)[C@H](CO)O2)c(=O)nc1N. The van der Waals surface area contributed by atoms with Crippen LogP contribution in [0.1, 0.15) is 25.1 Å². The Labute approximate surface area is 132 Å². The van der Waals surface area contributed by atoms with Crippen LogP contribution in [0.3, 0.4) is 0 Å². The Kier molecular flexibility index (Phi) is 5.48. The third-order valence-corrected chi connectivity index (χ3v) is 3.39. The number of nitrogens with two attached hydrogens (primary N) is 1. The molecule has 9 heteroatoms. The van der Waals surface area contributed by atoms with Crippen molar-refractivity contribution in [1.82, 2.24) is 9.55 Å². The summed E-state index contributed by atoms with van der Waals surface area (Å²) >= 11 is 0. The van der Waals surface area contributed by atoms with Gasteiger partial charge in [0.2, 0.25) is 0 Å². The minimum Gasteiger partial charge on any atom is -0.463 e. The Balaban J connectivity index is 2.27. The molecule has 1 aromatic heterocycles. The summed E-state index contributed by atoms with van der Waals surface area (Å²) in [5.74, 6) is -0.582. The second-order valence-electron chi connectivity index (χ2n) is 4.97. The first-order valence-corrected chi connectivity index (χ1v) is 7.14. The largest absolute Gasteiger partial charge is 0.463 e. The van der Waals surface area contributed by atoms with E-state index in [-0.39, 0.29) is 25.5 Å². The average Bonchev–Trinajstić information content (AvgIpc) is 2.87. The maximum absolute atomic E-state index is 12.0. The maximum Gasteiger partial charge on any atom is 0.351 e. The van der Waals surface area contributed by atoms with Crippen LogP contribution in [0.25, 0.3) is 6.08 Å². The smallest absolute Gasteiger partial charge is 0.351 e. The van der Waals surface area contributed by atoms with E-state index in [0.717, 1.165) is 0 Å². The van der Waals surface area contributed by atoms with Crippen LogP contribution >= 0.6 is 0 Å². The van der Waals surface area contributed by atoms with Gasteiger partial charge in [-0.1, -0.05) is 0 Å². The van der Waals surface area contributed by atoms with Crippen LogP contribution in [0.15, 0.2) is 17.1 Å². The van der Waals surface area contributed by atoms with Gasteiger partial charge in [0.15, 0.2) is 0 Å². The van der Waals surface area contributed by atoms with Gasteiger partial charge in [-0.3, -0.25) is 4.57 Å². The first-order valence-electron chi connectivity index (χ1n) is 7.14. The summed E-state index contributed by atoms with van der Waals surface area (Å²) in [5, 5.41) is 18.8. The number of hydrogen-bond donors (Lipinski definition) is 3. The molecule has 1 aliphatic heterocycles. The lowest BCUT2D eigenvalue weighted by molar-refractivity contribution is -0.137. The van der Waals surface area contributed by atoms with Crippen LogP contribution in [0.2, 0.25) is 0 Å². The van der Waals surface area contributed by atoms with Crippen molar-refractivity contribution in [3.8, 4) is 0 Å². The molecule has 1 aliphatic rings. The second-order valence-corrected chi connectivity index (χ2v) is 4.97. The zero-order valence-corrected chi connectivity index (χ0v) is 12.6. The molecule has 1 aromatic rings. The van der Waals surface area contributed by atoms with Gasteiger partial charge >= 0.3 is 11.7 Å². The number of aromatic nitrogens is 2. The van der Waals surface area contributed by atoms with Gasteiger partial charge in [-0.25, -0.2) is 9.59 Å². The number of rotatable bonds is 5. The normalized spacial score (nSPS) is 24.2. The number of nitrogen functional groups attached to an aromatic ring is 1. The highest BCUT2D eigenvalue weighted by atomic mass is 16.5. The number of carbonyl (C=O) groups is 1. The highest BCUT2D eigenvalue weighted by molar-refractivity contribution is 5.87. The molecule has 0 bridgehead atoms. The monoisotopic (exact) mass is 325 g/mol. The zero-order valence-electron chi connectivity index (χ0n) is 12.6. The van der Waals surface area contributed by atoms with E-state index in [1.807, 2.05) is 0 Å². The summed E-state index contributed by atoms with van der Waals surface area (Å²) in [5.41, 5.74) is 5.36. The fourth-order valence-electron chi connectivity index (χ4n) is 2.23. The van der Waals surface area contributed by atoms with Crippen molar-refractivity contribution >= 4 is 17.9 Å². The molecule has 0 radical (unpaired) electrons. The first-order chi connectivity index (χ1) is 11.0. The summed E-state index contributed by atoms with van der Waals surface area (Å²) < 4.78 is 11.3. The molecule has 4 N–H and O–H groups in total. The summed E-state index contributed by atoms with van der Waals surface area (Å²) in [6.45, 7) is 1.57. The van der Waals surface area contributed by atoms with E-state index in [2.05, 4.69) is 4.98 Å². The second kappa shape index (κ2) is 7.36. The molecule has 0 saturated carbocycles. The zero-order chi connectivity index (χ0) is 17.0. The molecule has 2 heterocycles. The maximum atomic E-state index is 12.0. The molecule has 3 atom stereocenters. The van der Waals surface area contributed by atoms with Crippen LogP contribution in [0.4, 0.5) is 5.82 Å². The van der Waals surface area contributed by atoms with Crippen molar-refractivity contribution in [2.24, 2.45) is 0 Å². The molecule has 1 fully saturated rings. The third-order valence-electron chi connectivity index (χ3n) is 3.39. The number of esters is 1. The number of nitrogens with zero attached hydrogens (tertiary/aromatic N) is 2. The third kappa shape index (κ3) is 3.95. The Morgan fingerprint density at radius 1 is 1.65 bits per heavy atom. The van der Waals surface area contributed by atoms with Crippen molar-refractivity contribution in [2.75, 3.05) is 18.9 Å². The van der Waals surface area contributed by atoms with Crippen molar-refractivity contribution in [2.45, 2.75) is 31.8 Å². The van der Waals surface area contributed by atoms with Gasteiger partial charge in [0, 0.05) is 24.3 Å². The van der Waals surface area contributed by atoms with E-state index in [1.54, 1.807) is 6.92 Å². The van der Waals surface area contributed by atoms with Crippen molar-refractivity contribution in [3.05, 3.63) is 28.3 Å². The Hall–Kier alpha value is -2.23. The predicted octanol–water partition coefficient (Wildman–Crippen LogP) is -0.957. The first kappa shape index (κ1) is 17.1. The van der Waals surface area contributed by atoms with Gasteiger partial charge in [0.25, 0.3) is 0 Å². The van der Waals surface area contributed by atoms with E-state index >= 15 is 0 Å². The van der Waals surface area contributed by atoms with Crippen LogP contribution in [-0.2, 0) is 14.3 Å². The van der Waals surface area contributed by atoms with Crippen molar-refractivity contribution < 1.29 is 24.5 Å². The lowest BCUT2D eigenvalue weighted by atomic mass is 10.2. The minimum atomic E-state index is -0.882. The van der Waals surface area contributed by atoms with E-state index < -0.39 is 30.1 Å². The van der Waals surface area contributed by atoms with Crippen molar-refractivity contribution in [3.63, 3.8) is 0 Å². The molecule has 2 rings (SSSR count). The fourth-order valence-corrected chi connectivity index (χ4v) is 2.23. The Morgan fingerprint density at radius 2 is 2.39 bits per heavy atom. The number of aliphatic hydroxyl groups is 2. The topological polar surface area (TPSA) is 137 Å². The molecule has 9 nitrogen and oxygen atoms in total. The van der Waals surface area contributed by atoms with E-state index in [1.165, 1.54) is 22.9 Å². The van der Waals surface area contributed by atoms with E-state index in [9.17, 15) is 14.7 Å². The molecule has 126 valence electrons. The number of anilines is 1. The summed E-state index contributed by atoms with van der Waals surface area (Å²) in [6.07, 6.45) is 1.67. The van der Waals surface area contributed by atoms with Gasteiger partial charge in [-0.2, -0.15) is 4.98 Å². The summed E-state index contributed by atoms with van der Waals surface area (Å²) in [4.78, 5) is 27.0. The minimum absolute atomic E-state index is 0.0379. The predicted molar refractivity (Wildman–Crippen MR) is 80.2 cm³/mol. The number of ether oxygens (including phenoxy) is 2. The molecule has 0 unspecified atom stereocenters. The summed E-state index contributed by atoms with van der Waals surface area (Å²) in [7, 11) is 0. The van der Waals surface area contributed by atoms with Crippen molar-refractivity contribution in [1.29, 1.82) is 0 Å². The van der Waals surface area contributed by atoms with Crippen LogP contribution < -0.4 is 11.4 Å². The number of hydrogen-bond acceptors (Lipinski definition) is 8. The lowest BCUT2D eigenvalue weighted by Crippen LogP contribution is -2.28. The standard InChI is InChI=1S/C14H19N3O6/c1-2-22-12(20)4-3-8-6-17(14(21)16-13(8)15)11-5-9(19)10(7-18)23-11/h3-4,6,9-11,18-19H,2,5,7H2,1H3,(H2,15,16,21)/t9-,10+,11-/m1/s1. The van der Waals surface area contributed by atoms with Gasteiger partial charge < -0.3 is 25.4 Å². The van der Waals surface area contributed by atoms with Gasteiger partial charge in [-0.15, -0.1) is 0 Å². The quantitative estimate of drug-likeness (QED) is 0.465. The molecule has 0 aromatic carbocycles. The highest BCUT2D eigenvalue weighted by Gasteiger charge is 2.35. The Morgan fingerprint density at radius 3 is 3.00 bits per heavy atom. The molecule has 1 saturated heterocycles. The van der Waals surface area contributed by atoms with Crippen LogP contribution in [0.5, 0.6) is 0 Å². The van der Waals surface area contributed by atoms with Crippen LogP contribution in [-0.4, -0.2) is 51.2 Å². The molecule has 0 amide bonds. The summed E-state index contributed by atoms with van der Waals surface area (Å²) in [6, 6.07) is 0.